The van der Waals surface area contributed by atoms with Crippen molar-refractivity contribution in [3.05, 3.63) is 65.8 Å². The van der Waals surface area contributed by atoms with E-state index in [1.807, 2.05) is 32.9 Å². The summed E-state index contributed by atoms with van der Waals surface area (Å²) in [5.74, 6) is -3.06. The first-order chi connectivity index (χ1) is 23.2. The Bertz CT molecular complexity index is 1390. The third kappa shape index (κ3) is 12.1. The highest BCUT2D eigenvalue weighted by molar-refractivity contribution is 5.92. The topological polar surface area (TPSA) is 178 Å². The minimum atomic E-state index is -1.21. The number of aromatic hydroxyl groups is 1. The molecule has 2 heterocycles. The third-order valence-electron chi connectivity index (χ3n) is 8.78. The lowest BCUT2D eigenvalue weighted by Crippen LogP contribution is -2.62. The summed E-state index contributed by atoms with van der Waals surface area (Å²) in [5.41, 5.74) is 4.49. The van der Waals surface area contributed by atoms with Crippen LogP contribution < -0.4 is 16.1 Å². The number of hydrogen-bond donors (Lipinski definition) is 6. The zero-order chi connectivity index (χ0) is 36.2. The number of carbonyl (C=O) groups is 4. The molecule has 1 aromatic carbocycles. The molecule has 3 rings (SSSR count). The van der Waals surface area contributed by atoms with Crippen molar-refractivity contribution in [2.24, 2.45) is 17.8 Å². The Balaban J connectivity index is 1.98. The zero-order valence-electron chi connectivity index (χ0n) is 29.5. The predicted octanol–water partition coefficient (Wildman–Crippen LogP) is 2.83. The summed E-state index contributed by atoms with van der Waals surface area (Å²) in [6.07, 6.45) is 6.88. The number of amides is 3. The first-order valence-corrected chi connectivity index (χ1v) is 17.2. The van der Waals surface area contributed by atoms with Crippen LogP contribution in [0.4, 0.5) is 0 Å². The number of cyclic esters (lactones) is 1. The molecule has 2 aliphatic rings. The summed E-state index contributed by atoms with van der Waals surface area (Å²) < 4.78 is 6.00. The van der Waals surface area contributed by atoms with Gasteiger partial charge >= 0.3 is 5.97 Å². The summed E-state index contributed by atoms with van der Waals surface area (Å²) in [7, 11) is 0. The Morgan fingerprint density at radius 3 is 2.49 bits per heavy atom. The van der Waals surface area contributed by atoms with Crippen LogP contribution in [0.3, 0.4) is 0 Å². The van der Waals surface area contributed by atoms with Gasteiger partial charge in [-0.3, -0.25) is 24.2 Å². The van der Waals surface area contributed by atoms with Gasteiger partial charge < -0.3 is 30.7 Å². The van der Waals surface area contributed by atoms with E-state index >= 15 is 0 Å². The van der Waals surface area contributed by atoms with Gasteiger partial charge in [-0.25, -0.2) is 5.43 Å². The van der Waals surface area contributed by atoms with Crippen molar-refractivity contribution in [2.45, 2.75) is 110 Å². The molecule has 0 aliphatic carbocycles. The van der Waals surface area contributed by atoms with Crippen molar-refractivity contribution < 1.29 is 39.2 Å². The summed E-state index contributed by atoms with van der Waals surface area (Å²) in [6.45, 7) is 11.4. The van der Waals surface area contributed by atoms with E-state index in [1.54, 1.807) is 45.1 Å². The second kappa shape index (κ2) is 18.7. The number of phenols is 1. The number of aliphatic hydroxyl groups is 2. The molecule has 0 saturated carbocycles. The van der Waals surface area contributed by atoms with E-state index in [4.69, 9.17) is 4.74 Å². The molecule has 0 radical (unpaired) electrons. The van der Waals surface area contributed by atoms with Crippen LogP contribution in [0.1, 0.15) is 72.8 Å². The highest BCUT2D eigenvalue weighted by atomic mass is 16.5. The van der Waals surface area contributed by atoms with Crippen LogP contribution in [0.2, 0.25) is 0 Å². The molecule has 12 heteroatoms. The van der Waals surface area contributed by atoms with Crippen molar-refractivity contribution >= 4 is 23.7 Å². The van der Waals surface area contributed by atoms with E-state index in [0.29, 0.717) is 24.8 Å². The molecule has 7 atom stereocenters. The highest BCUT2D eigenvalue weighted by Crippen LogP contribution is 2.20. The van der Waals surface area contributed by atoms with E-state index < -0.39 is 66.0 Å². The van der Waals surface area contributed by atoms with Gasteiger partial charge in [-0.2, -0.15) is 0 Å². The molecule has 6 N–H and O–H groups in total. The number of rotatable bonds is 5. The lowest BCUT2D eigenvalue weighted by Gasteiger charge is -2.36. The number of nitrogens with zero attached hydrogens (tertiary/aromatic N) is 1. The molecule has 0 spiro atoms. The minimum absolute atomic E-state index is 0.000480. The van der Waals surface area contributed by atoms with Crippen molar-refractivity contribution in [1.82, 2.24) is 21.1 Å². The molecule has 1 aromatic rings. The predicted molar refractivity (Wildman–Crippen MR) is 186 cm³/mol. The first kappa shape index (κ1) is 39.4. The molecule has 12 nitrogen and oxygen atoms in total. The van der Waals surface area contributed by atoms with E-state index in [0.717, 1.165) is 5.57 Å². The van der Waals surface area contributed by atoms with Gasteiger partial charge in [-0.15, -0.1) is 0 Å². The SMILES string of the molecule is C/C(=C\C(C)C)[C@@H]1C/C=C/C=C/[C@@H](O)C(C)[C@@H](O)CC(=O)NC(C(C)C)C(=O)N[C@@H](Cc2cccc(O)c2)C(=O)N2CCC[C@H](N2)C(=O)O1. The fourth-order valence-electron chi connectivity index (χ4n) is 5.87. The number of nitrogens with one attached hydrogen (secondary N) is 3. The number of carbonyl (C=O) groups excluding carboxylic acids is 4. The molecule has 3 amide bonds. The quantitative estimate of drug-likeness (QED) is 0.201. The number of fused-ring (bicyclic) bond motifs is 2. The van der Waals surface area contributed by atoms with Gasteiger partial charge in [0.15, 0.2) is 0 Å². The number of esters is 1. The van der Waals surface area contributed by atoms with Gasteiger partial charge in [0.05, 0.1) is 18.6 Å². The number of hydrogen-bond acceptors (Lipinski definition) is 9. The first-order valence-electron chi connectivity index (χ1n) is 17.2. The number of ether oxygens (including phenoxy) is 1. The van der Waals surface area contributed by atoms with Crippen LogP contribution in [0.5, 0.6) is 5.75 Å². The average Bonchev–Trinajstić information content (AvgIpc) is 3.04. The molecular weight excluding hydrogens is 628 g/mol. The summed E-state index contributed by atoms with van der Waals surface area (Å²) in [6, 6.07) is 3.39. The largest absolute Gasteiger partial charge is 0.508 e. The molecule has 1 saturated heterocycles. The molecule has 49 heavy (non-hydrogen) atoms. The van der Waals surface area contributed by atoms with Gasteiger partial charge in [0, 0.05) is 25.3 Å². The lowest BCUT2D eigenvalue weighted by molar-refractivity contribution is -0.156. The average molecular weight is 683 g/mol. The van der Waals surface area contributed by atoms with Crippen molar-refractivity contribution in [1.29, 1.82) is 0 Å². The molecule has 0 aromatic heterocycles. The van der Waals surface area contributed by atoms with Gasteiger partial charge in [0.25, 0.3) is 5.91 Å². The molecular formula is C37H54N4O8. The molecule has 2 bridgehead atoms. The van der Waals surface area contributed by atoms with Crippen LogP contribution in [0.15, 0.2) is 60.2 Å². The number of benzene rings is 1. The van der Waals surface area contributed by atoms with Crippen LogP contribution in [-0.2, 0) is 30.3 Å². The third-order valence-corrected chi connectivity index (χ3v) is 8.78. The maximum absolute atomic E-state index is 14.1. The van der Waals surface area contributed by atoms with Crippen LogP contribution >= 0.6 is 0 Å². The summed E-state index contributed by atoms with van der Waals surface area (Å²) >= 11 is 0. The molecule has 2 unspecified atom stereocenters. The van der Waals surface area contributed by atoms with Gasteiger partial charge in [-0.1, -0.05) is 77.1 Å². The lowest BCUT2D eigenvalue weighted by atomic mass is 9.94. The Kier molecular flexibility index (Phi) is 15.0. The van der Waals surface area contributed by atoms with Crippen molar-refractivity contribution in [2.75, 3.05) is 6.54 Å². The maximum atomic E-state index is 14.1. The van der Waals surface area contributed by atoms with Gasteiger partial charge in [-0.05, 0) is 54.9 Å². The summed E-state index contributed by atoms with van der Waals surface area (Å²) in [5, 5.41) is 38.3. The fraction of sp³-hybridized carbons (Fsp3) is 0.568. The normalized spacial score (nSPS) is 30.1. The molecule has 270 valence electrons. The smallest absolute Gasteiger partial charge is 0.325 e. The van der Waals surface area contributed by atoms with Crippen molar-refractivity contribution in [3.63, 3.8) is 0 Å². The number of hydrazine groups is 1. The summed E-state index contributed by atoms with van der Waals surface area (Å²) in [4.78, 5) is 54.3. The number of allylic oxidation sites excluding steroid dienone is 3. The molecule has 2 aliphatic heterocycles. The Morgan fingerprint density at radius 2 is 1.82 bits per heavy atom. The minimum Gasteiger partial charge on any atom is -0.508 e. The molecule has 1 fully saturated rings. The Hall–Kier alpha value is -4.00. The van der Waals surface area contributed by atoms with Crippen LogP contribution in [-0.4, -0.2) is 87.0 Å². The Morgan fingerprint density at radius 1 is 1.08 bits per heavy atom. The van der Waals surface area contributed by atoms with Gasteiger partial charge in [0.1, 0.15) is 30.0 Å². The van der Waals surface area contributed by atoms with Crippen molar-refractivity contribution in [3.8, 4) is 5.75 Å². The van der Waals surface area contributed by atoms with E-state index in [-0.39, 0.29) is 37.0 Å². The fourth-order valence-corrected chi connectivity index (χ4v) is 5.87. The second-order valence-corrected chi connectivity index (χ2v) is 13.8. The number of aliphatic hydroxyl groups excluding tert-OH is 2. The second-order valence-electron chi connectivity index (χ2n) is 13.8. The van der Waals surface area contributed by atoms with Gasteiger partial charge in [0.2, 0.25) is 11.8 Å². The van der Waals surface area contributed by atoms with Crippen LogP contribution in [0, 0.1) is 17.8 Å². The number of phenolic OH excluding ortho intramolecular Hbond substituents is 1. The zero-order valence-corrected chi connectivity index (χ0v) is 29.5. The van der Waals surface area contributed by atoms with E-state index in [9.17, 15) is 34.5 Å². The van der Waals surface area contributed by atoms with Crippen LogP contribution in [0.25, 0.3) is 0 Å². The van der Waals surface area contributed by atoms with E-state index in [1.165, 1.54) is 23.2 Å². The van der Waals surface area contributed by atoms with E-state index in [2.05, 4.69) is 16.1 Å². The Labute approximate surface area is 289 Å². The monoisotopic (exact) mass is 682 g/mol. The maximum Gasteiger partial charge on any atom is 0.325 e. The highest BCUT2D eigenvalue weighted by Gasteiger charge is 2.36. The standard InChI is InChI=1S/C37H54N4O8/c1-22(2)18-24(5)32-16-9-7-8-15-30(43)25(6)31(44)21-33(45)39-34(23(3)4)35(46)38-29(20-26-12-10-13-27(42)19-26)36(47)41-17-11-14-28(40-41)37(48)49-32/h7-10,12-13,15,18-19,22-23,25,28-32,34,40,42-44H,11,14,16-17,20-21H2,1-6H3,(H,38,46)(H,39,45)/b9-7+,15-8+,24-18+/t25?,28-,29-,30+,31-,32-,34?/m0/s1.